The summed E-state index contributed by atoms with van der Waals surface area (Å²) in [5, 5.41) is 14.2. The highest BCUT2D eigenvalue weighted by Gasteiger charge is 2.37. The van der Waals surface area contributed by atoms with Gasteiger partial charge in [-0.2, -0.15) is 5.10 Å². The number of sulfone groups is 1. The first-order valence-electron chi connectivity index (χ1n) is 11.3. The normalized spacial score (nSPS) is 22.0. The number of nitrogens with zero attached hydrogens (tertiary/aromatic N) is 2. The molecule has 8 heteroatoms. The standard InChI is InChI=1S/C23H31N3O4S/c24-13-6-2-1-3-8-16-9-7-10-17(14-16)26-22-18-11-4-5-12-20(18)31(29,30)15-19(22)21(25-26)23(27)28/h4-5,11-12,16-17H,1-3,6-10,13-15,24H2,(H,27,28). The molecule has 31 heavy (non-hydrogen) atoms. The van der Waals surface area contributed by atoms with Crippen molar-refractivity contribution in [2.24, 2.45) is 11.7 Å². The van der Waals surface area contributed by atoms with E-state index >= 15 is 0 Å². The number of rotatable bonds is 8. The molecule has 1 aliphatic heterocycles. The Kier molecular flexibility index (Phi) is 6.48. The number of carboxylic acid groups (broad SMARTS) is 1. The van der Waals surface area contributed by atoms with Gasteiger partial charge in [-0.3, -0.25) is 4.68 Å². The van der Waals surface area contributed by atoms with Gasteiger partial charge in [0.2, 0.25) is 0 Å². The second-order valence-corrected chi connectivity index (χ2v) is 10.8. The number of aromatic carboxylic acids is 1. The molecule has 2 atom stereocenters. The summed E-state index contributed by atoms with van der Waals surface area (Å²) in [7, 11) is -3.58. The first kappa shape index (κ1) is 22.0. The van der Waals surface area contributed by atoms with Crippen molar-refractivity contribution in [1.82, 2.24) is 9.78 Å². The lowest BCUT2D eigenvalue weighted by molar-refractivity contribution is 0.0687. The van der Waals surface area contributed by atoms with Crippen LogP contribution in [0, 0.1) is 5.92 Å². The van der Waals surface area contributed by atoms with E-state index in [1.165, 1.54) is 32.1 Å². The maximum atomic E-state index is 12.8. The first-order valence-corrected chi connectivity index (χ1v) is 12.9. The minimum absolute atomic E-state index is 0.0958. The van der Waals surface area contributed by atoms with E-state index < -0.39 is 15.8 Å². The fraction of sp³-hybridized carbons (Fsp3) is 0.565. The highest BCUT2D eigenvalue weighted by Crippen LogP contribution is 2.43. The summed E-state index contributed by atoms with van der Waals surface area (Å²) in [6, 6.07) is 6.98. The molecule has 1 aliphatic carbocycles. The van der Waals surface area contributed by atoms with Gasteiger partial charge >= 0.3 is 5.97 Å². The number of carboxylic acids is 1. The molecule has 0 saturated heterocycles. The monoisotopic (exact) mass is 445 g/mol. The summed E-state index contributed by atoms with van der Waals surface area (Å²) in [4.78, 5) is 12.2. The van der Waals surface area contributed by atoms with Gasteiger partial charge < -0.3 is 10.8 Å². The molecule has 1 aromatic carbocycles. The SMILES string of the molecule is NCCCCCCC1CCCC(n2nc(C(=O)O)c3c2-c2ccccc2S(=O)(=O)C3)C1. The van der Waals surface area contributed by atoms with Crippen LogP contribution in [0.1, 0.15) is 79.9 Å². The number of hydrogen-bond donors (Lipinski definition) is 2. The zero-order valence-corrected chi connectivity index (χ0v) is 18.6. The number of nitrogens with two attached hydrogens (primary N) is 1. The largest absolute Gasteiger partial charge is 0.476 e. The van der Waals surface area contributed by atoms with Crippen molar-refractivity contribution in [2.45, 2.75) is 74.5 Å². The van der Waals surface area contributed by atoms with Crippen molar-refractivity contribution in [1.29, 1.82) is 0 Å². The van der Waals surface area contributed by atoms with Gasteiger partial charge in [0.25, 0.3) is 0 Å². The molecule has 1 aromatic heterocycles. The molecule has 7 nitrogen and oxygen atoms in total. The van der Waals surface area contributed by atoms with E-state index in [9.17, 15) is 18.3 Å². The number of fused-ring (bicyclic) bond motifs is 3. The third kappa shape index (κ3) is 4.41. The second-order valence-electron chi connectivity index (χ2n) is 8.86. The highest BCUT2D eigenvalue weighted by atomic mass is 32.2. The molecule has 2 unspecified atom stereocenters. The quantitative estimate of drug-likeness (QED) is 0.589. The van der Waals surface area contributed by atoms with Gasteiger partial charge in [-0.25, -0.2) is 13.2 Å². The molecule has 0 amide bonds. The minimum Gasteiger partial charge on any atom is -0.476 e. The molecule has 0 bridgehead atoms. The molecular weight excluding hydrogens is 414 g/mol. The lowest BCUT2D eigenvalue weighted by Gasteiger charge is -2.31. The van der Waals surface area contributed by atoms with E-state index in [-0.39, 0.29) is 22.4 Å². The fourth-order valence-corrected chi connectivity index (χ4v) is 6.80. The first-order chi connectivity index (χ1) is 14.9. The van der Waals surface area contributed by atoms with E-state index in [1.807, 2.05) is 4.68 Å². The average Bonchev–Trinajstić information content (AvgIpc) is 3.13. The average molecular weight is 446 g/mol. The topological polar surface area (TPSA) is 115 Å². The van der Waals surface area contributed by atoms with E-state index in [0.717, 1.165) is 32.2 Å². The number of aromatic nitrogens is 2. The molecule has 2 heterocycles. The Hall–Kier alpha value is -2.19. The lowest BCUT2D eigenvalue weighted by atomic mass is 9.82. The van der Waals surface area contributed by atoms with Gasteiger partial charge in [0.1, 0.15) is 0 Å². The maximum Gasteiger partial charge on any atom is 0.356 e. The van der Waals surface area contributed by atoms with Crippen LogP contribution >= 0.6 is 0 Å². The highest BCUT2D eigenvalue weighted by molar-refractivity contribution is 7.90. The van der Waals surface area contributed by atoms with Crippen LogP contribution in [0.15, 0.2) is 29.2 Å². The van der Waals surface area contributed by atoms with E-state index in [1.54, 1.807) is 24.3 Å². The molecule has 2 aromatic rings. The molecule has 3 N–H and O–H groups in total. The van der Waals surface area contributed by atoms with E-state index in [2.05, 4.69) is 5.10 Å². The van der Waals surface area contributed by atoms with Crippen LogP contribution in [0.5, 0.6) is 0 Å². The van der Waals surface area contributed by atoms with Gasteiger partial charge in [0.05, 0.1) is 22.4 Å². The lowest BCUT2D eigenvalue weighted by Crippen LogP contribution is -2.22. The van der Waals surface area contributed by atoms with Crippen LogP contribution in [0.3, 0.4) is 0 Å². The summed E-state index contributed by atoms with van der Waals surface area (Å²) in [6.07, 6.45) is 9.97. The van der Waals surface area contributed by atoms with Crippen molar-refractivity contribution >= 4 is 15.8 Å². The fourth-order valence-electron chi connectivity index (χ4n) is 5.21. The Labute approximate surface area is 183 Å². The summed E-state index contributed by atoms with van der Waals surface area (Å²) in [6.45, 7) is 0.749. The zero-order chi connectivity index (χ0) is 22.0. The number of carbonyl (C=O) groups is 1. The molecule has 1 fully saturated rings. The maximum absolute atomic E-state index is 12.8. The summed E-state index contributed by atoms with van der Waals surface area (Å²) < 4.78 is 27.4. The predicted octanol–water partition coefficient (Wildman–Crippen LogP) is 4.18. The van der Waals surface area contributed by atoms with Crippen LogP contribution < -0.4 is 5.73 Å². The molecular formula is C23H31N3O4S. The van der Waals surface area contributed by atoms with Crippen molar-refractivity contribution in [3.8, 4) is 11.3 Å². The van der Waals surface area contributed by atoms with Crippen molar-refractivity contribution in [2.75, 3.05) is 6.54 Å². The Balaban J connectivity index is 1.64. The van der Waals surface area contributed by atoms with Gasteiger partial charge in [-0.15, -0.1) is 0 Å². The number of benzene rings is 1. The van der Waals surface area contributed by atoms with Gasteiger partial charge in [-0.1, -0.05) is 56.7 Å². The summed E-state index contributed by atoms with van der Waals surface area (Å²) in [5.74, 6) is -0.887. The second kappa shape index (κ2) is 9.12. The molecule has 1 saturated carbocycles. The smallest absolute Gasteiger partial charge is 0.356 e. The number of unbranched alkanes of at least 4 members (excludes halogenated alkanes) is 3. The summed E-state index contributed by atoms with van der Waals surface area (Å²) in [5.41, 5.74) is 7.03. The molecule has 0 radical (unpaired) electrons. The molecule has 4 rings (SSSR count). The zero-order valence-electron chi connectivity index (χ0n) is 17.8. The molecule has 2 aliphatic rings. The van der Waals surface area contributed by atoms with Gasteiger partial charge in [0, 0.05) is 11.1 Å². The van der Waals surface area contributed by atoms with Crippen molar-refractivity contribution in [3.05, 3.63) is 35.5 Å². The van der Waals surface area contributed by atoms with Crippen LogP contribution in [-0.4, -0.2) is 35.8 Å². The van der Waals surface area contributed by atoms with E-state index in [4.69, 9.17) is 5.73 Å². The molecule has 168 valence electrons. The minimum atomic E-state index is -3.58. The van der Waals surface area contributed by atoms with E-state index in [0.29, 0.717) is 22.7 Å². The number of hydrogen-bond acceptors (Lipinski definition) is 5. The van der Waals surface area contributed by atoms with Gasteiger partial charge in [0.15, 0.2) is 15.5 Å². The van der Waals surface area contributed by atoms with Crippen LogP contribution in [0.2, 0.25) is 0 Å². The summed E-state index contributed by atoms with van der Waals surface area (Å²) >= 11 is 0. The Morgan fingerprint density at radius 3 is 2.71 bits per heavy atom. The van der Waals surface area contributed by atoms with Crippen LogP contribution in [0.25, 0.3) is 11.3 Å². The predicted molar refractivity (Wildman–Crippen MR) is 119 cm³/mol. The molecule has 0 spiro atoms. The van der Waals surface area contributed by atoms with Crippen molar-refractivity contribution in [3.63, 3.8) is 0 Å². The Morgan fingerprint density at radius 1 is 1.16 bits per heavy atom. The third-order valence-corrected chi connectivity index (χ3v) is 8.39. The Morgan fingerprint density at radius 2 is 1.94 bits per heavy atom. The van der Waals surface area contributed by atoms with Crippen LogP contribution in [0.4, 0.5) is 0 Å². The van der Waals surface area contributed by atoms with Crippen LogP contribution in [-0.2, 0) is 15.6 Å². The third-order valence-electron chi connectivity index (χ3n) is 6.69. The Bertz CT molecular complexity index is 1060. The van der Waals surface area contributed by atoms with Crippen molar-refractivity contribution < 1.29 is 18.3 Å². The van der Waals surface area contributed by atoms with Gasteiger partial charge in [-0.05, 0) is 37.8 Å².